The van der Waals surface area contributed by atoms with Gasteiger partial charge in [-0.25, -0.2) is 0 Å². The van der Waals surface area contributed by atoms with Crippen LogP contribution in [0.15, 0.2) is 12.2 Å². The van der Waals surface area contributed by atoms with Crippen molar-refractivity contribution in [3.05, 3.63) is 12.2 Å². The molecule has 0 aromatic heterocycles. The number of nitrogens with one attached hydrogen (secondary N) is 1. The SMILES string of the molecule is CCCCCCCC/C=C/CCCCCCCCCC(=O)OC(CCCCCCCCCCCCCCCCCCC)CC(=O)NC(CO)C(O)CCCCCCCCCCCCCCC. The highest BCUT2D eigenvalue weighted by Crippen LogP contribution is 2.19. The molecule has 6 nitrogen and oxygen atoms in total. The summed E-state index contributed by atoms with van der Waals surface area (Å²) in [5, 5.41) is 23.9. The van der Waals surface area contributed by atoms with Crippen molar-refractivity contribution in [1.82, 2.24) is 5.32 Å². The van der Waals surface area contributed by atoms with Crippen molar-refractivity contribution >= 4 is 11.9 Å². The molecule has 0 bridgehead atoms. The van der Waals surface area contributed by atoms with Crippen molar-refractivity contribution in [2.45, 2.75) is 354 Å². The van der Waals surface area contributed by atoms with Gasteiger partial charge in [-0.2, -0.15) is 0 Å². The van der Waals surface area contributed by atoms with E-state index in [-0.39, 0.29) is 24.9 Å². The lowest BCUT2D eigenvalue weighted by Gasteiger charge is -2.24. The van der Waals surface area contributed by atoms with E-state index in [4.69, 9.17) is 4.74 Å². The number of allylic oxidation sites excluding steroid dienone is 2. The Morgan fingerprint density at radius 2 is 0.727 bits per heavy atom. The van der Waals surface area contributed by atoms with Crippen molar-refractivity contribution in [1.29, 1.82) is 0 Å². The van der Waals surface area contributed by atoms with Gasteiger partial charge in [0, 0.05) is 6.42 Å². The topological polar surface area (TPSA) is 95.9 Å². The first kappa shape index (κ1) is 64.6. The second-order valence-corrected chi connectivity index (χ2v) is 20.8. The van der Waals surface area contributed by atoms with Crippen LogP contribution in [0.25, 0.3) is 0 Å². The molecule has 0 aliphatic heterocycles. The fraction of sp³-hybridized carbons (Fsp3) is 0.933. The Balaban J connectivity index is 4.51. The summed E-state index contributed by atoms with van der Waals surface area (Å²) in [7, 11) is 0. The van der Waals surface area contributed by atoms with Gasteiger partial charge in [-0.15, -0.1) is 0 Å². The number of aliphatic hydroxyl groups is 2. The minimum absolute atomic E-state index is 0.0841. The van der Waals surface area contributed by atoms with Gasteiger partial charge in [0.25, 0.3) is 0 Å². The Morgan fingerprint density at radius 1 is 0.424 bits per heavy atom. The summed E-state index contributed by atoms with van der Waals surface area (Å²) < 4.78 is 5.98. The van der Waals surface area contributed by atoms with E-state index in [1.54, 1.807) is 0 Å². The number of hydrogen-bond donors (Lipinski definition) is 3. The first-order valence-electron chi connectivity index (χ1n) is 29.9. The predicted molar refractivity (Wildman–Crippen MR) is 287 cm³/mol. The van der Waals surface area contributed by atoms with E-state index in [2.05, 4.69) is 38.2 Å². The monoisotopic (exact) mass is 932 g/mol. The number of ether oxygens (including phenoxy) is 1. The lowest BCUT2D eigenvalue weighted by molar-refractivity contribution is -0.151. The molecule has 66 heavy (non-hydrogen) atoms. The fourth-order valence-electron chi connectivity index (χ4n) is 9.55. The van der Waals surface area contributed by atoms with E-state index in [9.17, 15) is 19.8 Å². The van der Waals surface area contributed by atoms with Gasteiger partial charge in [-0.3, -0.25) is 9.59 Å². The molecule has 1 amide bonds. The molecule has 0 aliphatic rings. The molecule has 392 valence electrons. The normalized spacial score (nSPS) is 13.1. The molecule has 0 fully saturated rings. The van der Waals surface area contributed by atoms with Crippen LogP contribution in [0, 0.1) is 0 Å². The van der Waals surface area contributed by atoms with Crippen molar-refractivity contribution in [2.75, 3.05) is 6.61 Å². The van der Waals surface area contributed by atoms with E-state index in [1.807, 2.05) is 0 Å². The number of hydrogen-bond acceptors (Lipinski definition) is 5. The van der Waals surface area contributed by atoms with Gasteiger partial charge in [-0.05, 0) is 51.4 Å². The molecule has 3 unspecified atom stereocenters. The predicted octanol–water partition coefficient (Wildman–Crippen LogP) is 18.5. The van der Waals surface area contributed by atoms with Gasteiger partial charge < -0.3 is 20.3 Å². The Bertz CT molecular complexity index is 1000. The van der Waals surface area contributed by atoms with E-state index >= 15 is 0 Å². The van der Waals surface area contributed by atoms with Gasteiger partial charge >= 0.3 is 5.97 Å². The third-order valence-electron chi connectivity index (χ3n) is 14.1. The van der Waals surface area contributed by atoms with E-state index in [0.717, 1.165) is 44.9 Å². The summed E-state index contributed by atoms with van der Waals surface area (Å²) in [6, 6.07) is -0.696. The molecular weight excluding hydrogens is 815 g/mol. The average molecular weight is 933 g/mol. The number of amides is 1. The second kappa shape index (κ2) is 54.5. The molecule has 0 spiro atoms. The largest absolute Gasteiger partial charge is 0.462 e. The number of carbonyl (C=O) groups is 2. The molecule has 0 aromatic rings. The molecule has 0 rings (SSSR count). The molecule has 0 aromatic carbocycles. The summed E-state index contributed by atoms with van der Waals surface area (Å²) in [6.07, 6.45) is 62.8. The van der Waals surface area contributed by atoms with Gasteiger partial charge in [-0.1, -0.05) is 283 Å². The molecule has 0 radical (unpaired) electrons. The Hall–Kier alpha value is -1.40. The number of rotatable bonds is 55. The van der Waals surface area contributed by atoms with Gasteiger partial charge in [0.2, 0.25) is 5.91 Å². The second-order valence-electron chi connectivity index (χ2n) is 20.8. The summed E-state index contributed by atoms with van der Waals surface area (Å²) in [6.45, 7) is 6.53. The lowest BCUT2D eigenvalue weighted by Crippen LogP contribution is -2.46. The highest BCUT2D eigenvalue weighted by Gasteiger charge is 2.24. The first-order valence-corrected chi connectivity index (χ1v) is 29.9. The van der Waals surface area contributed by atoms with Gasteiger partial charge in [0.05, 0.1) is 25.2 Å². The highest BCUT2D eigenvalue weighted by atomic mass is 16.5. The Kier molecular flexibility index (Phi) is 53.4. The quantitative estimate of drug-likeness (QED) is 0.0321. The maximum atomic E-state index is 13.3. The van der Waals surface area contributed by atoms with E-state index < -0.39 is 18.2 Å². The maximum Gasteiger partial charge on any atom is 0.306 e. The molecule has 0 heterocycles. The van der Waals surface area contributed by atoms with Gasteiger partial charge in [0.15, 0.2) is 0 Å². The standard InChI is InChI=1S/C60H117NO5/c1-4-7-10-13-16-19-22-25-27-29-31-34-36-39-42-45-48-51-56(66-60(65)53-50-47-44-41-38-35-32-30-28-26-23-20-17-14-11-8-5-2)54-59(64)61-57(55-62)58(63)52-49-46-43-40-37-33-24-21-18-15-12-9-6-3/h26,28,56-58,62-63H,4-25,27,29-55H2,1-3H3,(H,61,64)/b28-26+. The summed E-state index contributed by atoms with van der Waals surface area (Å²) >= 11 is 0. The van der Waals surface area contributed by atoms with Crippen molar-refractivity contribution in [2.24, 2.45) is 0 Å². The summed E-state index contributed by atoms with van der Waals surface area (Å²) in [4.78, 5) is 26.3. The van der Waals surface area contributed by atoms with Crippen LogP contribution in [-0.4, -0.2) is 46.9 Å². The average Bonchev–Trinajstić information content (AvgIpc) is 3.31. The molecule has 6 heteroatoms. The van der Waals surface area contributed by atoms with Crippen molar-refractivity contribution < 1.29 is 24.5 Å². The highest BCUT2D eigenvalue weighted by molar-refractivity contribution is 5.77. The summed E-state index contributed by atoms with van der Waals surface area (Å²) in [5.74, 6) is -0.454. The molecule has 3 atom stereocenters. The molecular formula is C60H117NO5. The Morgan fingerprint density at radius 3 is 1.08 bits per heavy atom. The van der Waals surface area contributed by atoms with E-state index in [0.29, 0.717) is 19.3 Å². The smallest absolute Gasteiger partial charge is 0.306 e. The zero-order valence-electron chi connectivity index (χ0n) is 44.9. The minimum Gasteiger partial charge on any atom is -0.462 e. The van der Waals surface area contributed by atoms with Crippen LogP contribution in [0.1, 0.15) is 335 Å². The van der Waals surface area contributed by atoms with Crippen LogP contribution in [0.2, 0.25) is 0 Å². The van der Waals surface area contributed by atoms with E-state index in [1.165, 1.54) is 244 Å². The molecule has 0 aliphatic carbocycles. The molecule has 3 N–H and O–H groups in total. The Labute approximate surface area is 412 Å². The maximum absolute atomic E-state index is 13.3. The zero-order valence-corrected chi connectivity index (χ0v) is 44.9. The molecule has 0 saturated carbocycles. The van der Waals surface area contributed by atoms with Crippen LogP contribution in [0.3, 0.4) is 0 Å². The van der Waals surface area contributed by atoms with Crippen LogP contribution in [0.5, 0.6) is 0 Å². The summed E-state index contributed by atoms with van der Waals surface area (Å²) in [5.41, 5.74) is 0. The zero-order chi connectivity index (χ0) is 48.1. The van der Waals surface area contributed by atoms with Crippen LogP contribution in [0.4, 0.5) is 0 Å². The third kappa shape index (κ3) is 49.0. The van der Waals surface area contributed by atoms with Gasteiger partial charge in [0.1, 0.15) is 6.10 Å². The van der Waals surface area contributed by atoms with Crippen molar-refractivity contribution in [3.63, 3.8) is 0 Å². The molecule has 0 saturated heterocycles. The van der Waals surface area contributed by atoms with Crippen molar-refractivity contribution in [3.8, 4) is 0 Å². The minimum atomic E-state index is -0.783. The van der Waals surface area contributed by atoms with Crippen LogP contribution in [-0.2, 0) is 14.3 Å². The number of carbonyl (C=O) groups excluding carboxylic acids is 2. The van der Waals surface area contributed by atoms with Crippen LogP contribution >= 0.6 is 0 Å². The fourth-order valence-corrected chi connectivity index (χ4v) is 9.55. The first-order chi connectivity index (χ1) is 32.5. The number of unbranched alkanes of at least 4 members (excludes halogenated alkanes) is 41. The third-order valence-corrected chi connectivity index (χ3v) is 14.1. The lowest BCUT2D eigenvalue weighted by atomic mass is 10.0. The number of esters is 1. The van der Waals surface area contributed by atoms with Crippen LogP contribution < -0.4 is 5.32 Å². The number of aliphatic hydroxyl groups excluding tert-OH is 2.